The van der Waals surface area contributed by atoms with Crippen molar-refractivity contribution in [1.82, 2.24) is 10.2 Å². The van der Waals surface area contributed by atoms with E-state index in [1.807, 2.05) is 0 Å². The lowest BCUT2D eigenvalue weighted by molar-refractivity contribution is -0.123. The van der Waals surface area contributed by atoms with Crippen LogP contribution in [0.15, 0.2) is 0 Å². The number of nitrogens with one attached hydrogen (secondary N) is 1. The smallest absolute Gasteiger partial charge is 0.229 e. The minimum atomic E-state index is -0.369. The van der Waals surface area contributed by atoms with Crippen LogP contribution in [0, 0.1) is 5.92 Å². The molecule has 0 spiro atoms. The Kier molecular flexibility index (Phi) is 5.15. The normalized spacial score (nSPS) is 23.8. The molecule has 0 aromatic rings. The highest BCUT2D eigenvalue weighted by Gasteiger charge is 2.23. The van der Waals surface area contributed by atoms with Crippen LogP contribution in [0.2, 0.25) is 0 Å². The summed E-state index contributed by atoms with van der Waals surface area (Å²) in [7, 11) is 0. The van der Waals surface area contributed by atoms with Gasteiger partial charge in [0, 0.05) is 12.6 Å². The minimum absolute atomic E-state index is 0.0459. The Hall–Kier alpha value is -0.680. The van der Waals surface area contributed by atoms with Gasteiger partial charge in [-0.15, -0.1) is 0 Å². The van der Waals surface area contributed by atoms with E-state index in [1.54, 1.807) is 6.92 Å². The van der Waals surface area contributed by atoms with E-state index in [4.69, 9.17) is 18.0 Å². The van der Waals surface area contributed by atoms with Crippen LogP contribution in [0.4, 0.5) is 0 Å². The average molecular weight is 243 g/mol. The zero-order chi connectivity index (χ0) is 12.1. The number of nitrogens with zero attached hydrogens (tertiary/aromatic N) is 1. The lowest BCUT2D eigenvalue weighted by Crippen LogP contribution is -2.50. The quantitative estimate of drug-likeness (QED) is 0.706. The van der Waals surface area contributed by atoms with E-state index in [0.717, 1.165) is 32.5 Å². The lowest BCUT2D eigenvalue weighted by atomic mass is 10.0. The molecule has 0 aromatic carbocycles. The van der Waals surface area contributed by atoms with Crippen LogP contribution in [0.5, 0.6) is 0 Å². The Morgan fingerprint density at radius 3 is 2.94 bits per heavy atom. The monoisotopic (exact) mass is 243 g/mol. The van der Waals surface area contributed by atoms with Crippen molar-refractivity contribution in [3.8, 4) is 0 Å². The molecular weight excluding hydrogens is 222 g/mol. The summed E-state index contributed by atoms with van der Waals surface area (Å²) in [5.74, 6) is -0.414. The Balaban J connectivity index is 2.41. The second-order valence-electron chi connectivity index (χ2n) is 4.37. The fourth-order valence-corrected chi connectivity index (χ4v) is 2.02. The third kappa shape index (κ3) is 3.72. The van der Waals surface area contributed by atoms with Gasteiger partial charge in [-0.25, -0.2) is 0 Å². The highest BCUT2D eigenvalue weighted by Crippen LogP contribution is 2.10. The molecule has 1 aliphatic heterocycles. The van der Waals surface area contributed by atoms with Gasteiger partial charge in [0.05, 0.1) is 10.9 Å². The first-order chi connectivity index (χ1) is 7.54. The van der Waals surface area contributed by atoms with Crippen molar-refractivity contribution in [2.45, 2.75) is 32.7 Å². The van der Waals surface area contributed by atoms with E-state index in [2.05, 4.69) is 17.1 Å². The molecule has 92 valence electrons. The van der Waals surface area contributed by atoms with Crippen molar-refractivity contribution in [2.24, 2.45) is 11.7 Å². The van der Waals surface area contributed by atoms with Crippen LogP contribution in [0.3, 0.4) is 0 Å². The number of thiocarbonyl (C=S) groups is 1. The number of nitrogens with two attached hydrogens (primary N) is 1. The van der Waals surface area contributed by atoms with E-state index >= 15 is 0 Å². The van der Waals surface area contributed by atoms with Crippen LogP contribution >= 0.6 is 12.2 Å². The molecule has 1 heterocycles. The maximum absolute atomic E-state index is 11.8. The van der Waals surface area contributed by atoms with Gasteiger partial charge in [0.25, 0.3) is 0 Å². The van der Waals surface area contributed by atoms with E-state index in [-0.39, 0.29) is 22.9 Å². The maximum atomic E-state index is 11.8. The predicted molar refractivity (Wildman–Crippen MR) is 69.2 cm³/mol. The van der Waals surface area contributed by atoms with E-state index < -0.39 is 0 Å². The van der Waals surface area contributed by atoms with Crippen molar-refractivity contribution < 1.29 is 4.79 Å². The molecule has 1 amide bonds. The van der Waals surface area contributed by atoms with Gasteiger partial charge in [0.15, 0.2) is 0 Å². The van der Waals surface area contributed by atoms with Crippen molar-refractivity contribution in [3.05, 3.63) is 0 Å². The SMILES string of the molecule is CCN1CCCC(NC(=O)C(C)C(N)=S)C1. The minimum Gasteiger partial charge on any atom is -0.393 e. The van der Waals surface area contributed by atoms with Crippen LogP contribution in [-0.4, -0.2) is 41.5 Å². The molecule has 0 radical (unpaired) electrons. The maximum Gasteiger partial charge on any atom is 0.229 e. The Labute approximate surface area is 103 Å². The number of carbonyl (C=O) groups is 1. The summed E-state index contributed by atoms with van der Waals surface area (Å²) in [5, 5.41) is 3.02. The van der Waals surface area contributed by atoms with Gasteiger partial charge < -0.3 is 16.0 Å². The molecule has 1 fully saturated rings. The largest absolute Gasteiger partial charge is 0.393 e. The van der Waals surface area contributed by atoms with Crippen LogP contribution in [0.1, 0.15) is 26.7 Å². The van der Waals surface area contributed by atoms with Gasteiger partial charge in [-0.3, -0.25) is 4.79 Å². The summed E-state index contributed by atoms with van der Waals surface area (Å²) in [5.41, 5.74) is 5.46. The fourth-order valence-electron chi connectivity index (χ4n) is 1.92. The molecule has 16 heavy (non-hydrogen) atoms. The topological polar surface area (TPSA) is 58.4 Å². The summed E-state index contributed by atoms with van der Waals surface area (Å²) in [4.78, 5) is 14.4. The van der Waals surface area contributed by atoms with Crippen molar-refractivity contribution in [2.75, 3.05) is 19.6 Å². The Morgan fingerprint density at radius 1 is 1.69 bits per heavy atom. The summed E-state index contributed by atoms with van der Waals surface area (Å²) >= 11 is 4.81. The molecular formula is C11H21N3OS. The summed E-state index contributed by atoms with van der Waals surface area (Å²) in [6, 6.07) is 0.248. The first-order valence-corrected chi connectivity index (χ1v) is 6.27. The fraction of sp³-hybridized carbons (Fsp3) is 0.818. The third-order valence-corrected chi connectivity index (χ3v) is 3.47. The Morgan fingerprint density at radius 2 is 2.38 bits per heavy atom. The molecule has 2 unspecified atom stereocenters. The first-order valence-electron chi connectivity index (χ1n) is 5.86. The van der Waals surface area contributed by atoms with Crippen LogP contribution < -0.4 is 11.1 Å². The highest BCUT2D eigenvalue weighted by molar-refractivity contribution is 7.80. The number of carbonyl (C=O) groups excluding carboxylic acids is 1. The second-order valence-corrected chi connectivity index (χ2v) is 4.84. The number of hydrogen-bond donors (Lipinski definition) is 2. The van der Waals surface area contributed by atoms with E-state index in [0.29, 0.717) is 0 Å². The molecule has 1 aliphatic rings. The summed E-state index contributed by atoms with van der Waals surface area (Å²) < 4.78 is 0. The lowest BCUT2D eigenvalue weighted by Gasteiger charge is -2.32. The number of rotatable bonds is 4. The molecule has 3 N–H and O–H groups in total. The van der Waals surface area contributed by atoms with Gasteiger partial charge in [-0.2, -0.15) is 0 Å². The molecule has 0 aliphatic carbocycles. The Bertz CT molecular complexity index is 270. The van der Waals surface area contributed by atoms with E-state index in [1.165, 1.54) is 0 Å². The summed E-state index contributed by atoms with van der Waals surface area (Å²) in [6.07, 6.45) is 2.19. The molecule has 0 saturated carbocycles. The standard InChI is InChI=1S/C11H21N3OS/c1-3-14-6-4-5-9(7-14)13-11(15)8(2)10(12)16/h8-9H,3-7H2,1-2H3,(H2,12,16)(H,13,15). The summed E-state index contributed by atoms with van der Waals surface area (Å²) in [6.45, 7) is 7.00. The third-order valence-electron chi connectivity index (χ3n) is 3.12. The molecule has 2 atom stereocenters. The highest BCUT2D eigenvalue weighted by atomic mass is 32.1. The number of amides is 1. The van der Waals surface area contributed by atoms with E-state index in [9.17, 15) is 4.79 Å². The van der Waals surface area contributed by atoms with Crippen molar-refractivity contribution in [3.63, 3.8) is 0 Å². The molecule has 5 heteroatoms. The van der Waals surface area contributed by atoms with Crippen molar-refractivity contribution in [1.29, 1.82) is 0 Å². The molecule has 4 nitrogen and oxygen atoms in total. The van der Waals surface area contributed by atoms with Gasteiger partial charge in [0.2, 0.25) is 5.91 Å². The second kappa shape index (κ2) is 6.15. The van der Waals surface area contributed by atoms with Gasteiger partial charge in [-0.05, 0) is 32.9 Å². The molecule has 1 saturated heterocycles. The molecule has 0 aromatic heterocycles. The predicted octanol–water partition coefficient (Wildman–Crippen LogP) is 0.509. The van der Waals surface area contributed by atoms with Crippen LogP contribution in [0.25, 0.3) is 0 Å². The number of piperidine rings is 1. The number of likely N-dealkylation sites (N-methyl/N-ethyl adjacent to an activating group) is 1. The number of likely N-dealkylation sites (tertiary alicyclic amines) is 1. The van der Waals surface area contributed by atoms with Crippen LogP contribution in [-0.2, 0) is 4.79 Å². The van der Waals surface area contributed by atoms with Gasteiger partial charge in [-0.1, -0.05) is 19.1 Å². The van der Waals surface area contributed by atoms with Gasteiger partial charge in [0.1, 0.15) is 0 Å². The zero-order valence-corrected chi connectivity index (χ0v) is 10.8. The van der Waals surface area contributed by atoms with Gasteiger partial charge >= 0.3 is 0 Å². The first kappa shape index (κ1) is 13.4. The average Bonchev–Trinajstić information content (AvgIpc) is 2.28. The number of hydrogen-bond acceptors (Lipinski definition) is 3. The zero-order valence-electron chi connectivity index (χ0n) is 10.0. The molecule has 0 bridgehead atoms. The molecule has 1 rings (SSSR count). The van der Waals surface area contributed by atoms with Crippen molar-refractivity contribution >= 4 is 23.1 Å².